The molecule has 9 nitrogen and oxygen atoms in total. The number of likely N-dealkylation sites (tertiary alicyclic amines) is 1. The van der Waals surface area contributed by atoms with Gasteiger partial charge in [-0.1, -0.05) is 30.3 Å². The Hall–Kier alpha value is -3.72. The molecule has 9 heteroatoms. The molecule has 34 heavy (non-hydrogen) atoms. The lowest BCUT2D eigenvalue weighted by molar-refractivity contribution is -0.136. The Morgan fingerprint density at radius 2 is 1.88 bits per heavy atom. The van der Waals surface area contributed by atoms with E-state index in [0.29, 0.717) is 25.3 Å². The number of aromatic nitrogens is 3. The van der Waals surface area contributed by atoms with Crippen molar-refractivity contribution >= 4 is 17.6 Å². The average molecular weight is 463 g/mol. The highest BCUT2D eigenvalue weighted by Crippen LogP contribution is 2.22. The van der Waals surface area contributed by atoms with Gasteiger partial charge in [0.05, 0.1) is 24.5 Å². The van der Waals surface area contributed by atoms with Crippen LogP contribution in [-0.2, 0) is 23.2 Å². The fourth-order valence-electron chi connectivity index (χ4n) is 4.02. The summed E-state index contributed by atoms with van der Waals surface area (Å²) in [7, 11) is 1.81. The molecule has 1 aliphatic heterocycles. The number of nitrogens with one attached hydrogen (secondary N) is 1. The van der Waals surface area contributed by atoms with E-state index >= 15 is 0 Å². The van der Waals surface area contributed by atoms with Crippen LogP contribution in [0.4, 0.5) is 5.82 Å². The number of hydrogen-bond acceptors (Lipinski definition) is 6. The largest absolute Gasteiger partial charge is 0.383 e. The molecule has 1 fully saturated rings. The summed E-state index contributed by atoms with van der Waals surface area (Å²) in [6, 6.07) is 10.5. The van der Waals surface area contributed by atoms with Gasteiger partial charge in [-0.25, -0.2) is 4.98 Å². The molecule has 2 atom stereocenters. The minimum Gasteiger partial charge on any atom is -0.383 e. The summed E-state index contributed by atoms with van der Waals surface area (Å²) in [5.41, 5.74) is 8.76. The van der Waals surface area contributed by atoms with E-state index < -0.39 is 18.1 Å². The van der Waals surface area contributed by atoms with Gasteiger partial charge in [-0.2, -0.15) is 5.10 Å². The number of hydrogen-bond donors (Lipinski definition) is 2. The summed E-state index contributed by atoms with van der Waals surface area (Å²) >= 11 is 0. The fraction of sp³-hybridized carbons (Fsp3) is 0.360. The number of pyridine rings is 1. The topological polar surface area (TPSA) is 115 Å². The molecule has 2 aromatic heterocycles. The van der Waals surface area contributed by atoms with Crippen molar-refractivity contribution in [2.75, 3.05) is 18.8 Å². The van der Waals surface area contributed by atoms with Crippen LogP contribution < -0.4 is 11.1 Å². The summed E-state index contributed by atoms with van der Waals surface area (Å²) in [6.45, 7) is 3.49. The molecule has 0 spiro atoms. The number of nitrogens with two attached hydrogens (primary N) is 1. The van der Waals surface area contributed by atoms with Crippen LogP contribution in [-0.4, -0.2) is 56.7 Å². The van der Waals surface area contributed by atoms with Crippen LogP contribution in [0.25, 0.3) is 11.1 Å². The zero-order valence-electron chi connectivity index (χ0n) is 19.5. The van der Waals surface area contributed by atoms with Gasteiger partial charge in [0, 0.05) is 43.7 Å². The van der Waals surface area contributed by atoms with Gasteiger partial charge in [0.2, 0.25) is 5.91 Å². The number of aryl methyl sites for hydroxylation is 1. The van der Waals surface area contributed by atoms with E-state index in [4.69, 9.17) is 10.5 Å². The molecule has 1 saturated heterocycles. The van der Waals surface area contributed by atoms with Crippen molar-refractivity contribution in [3.8, 4) is 11.1 Å². The first-order valence-electron chi connectivity index (χ1n) is 11.4. The Kier molecular flexibility index (Phi) is 7.22. The summed E-state index contributed by atoms with van der Waals surface area (Å²) < 4.78 is 7.68. The van der Waals surface area contributed by atoms with Gasteiger partial charge in [0.1, 0.15) is 11.9 Å². The van der Waals surface area contributed by atoms with E-state index in [0.717, 1.165) is 24.0 Å². The van der Waals surface area contributed by atoms with Crippen LogP contribution >= 0.6 is 0 Å². The van der Waals surface area contributed by atoms with Crippen molar-refractivity contribution in [2.24, 2.45) is 7.05 Å². The highest BCUT2D eigenvalue weighted by molar-refractivity contribution is 6.01. The molecule has 0 bridgehead atoms. The van der Waals surface area contributed by atoms with Gasteiger partial charge >= 0.3 is 0 Å². The number of carbonyl (C=O) groups is 2. The second kappa shape index (κ2) is 10.5. The van der Waals surface area contributed by atoms with Crippen molar-refractivity contribution in [2.45, 2.75) is 38.5 Å². The van der Waals surface area contributed by atoms with Crippen LogP contribution in [0.1, 0.15) is 35.7 Å². The van der Waals surface area contributed by atoms with E-state index in [9.17, 15) is 9.59 Å². The van der Waals surface area contributed by atoms with Crippen molar-refractivity contribution in [3.63, 3.8) is 0 Å². The zero-order valence-corrected chi connectivity index (χ0v) is 19.5. The number of benzene rings is 1. The third-order valence-corrected chi connectivity index (χ3v) is 6.00. The monoisotopic (exact) mass is 462 g/mol. The highest BCUT2D eigenvalue weighted by atomic mass is 16.5. The number of rotatable bonds is 8. The summed E-state index contributed by atoms with van der Waals surface area (Å²) in [5, 5.41) is 7.04. The predicted octanol–water partition coefficient (Wildman–Crippen LogP) is 2.39. The van der Waals surface area contributed by atoms with Gasteiger partial charge in [0.25, 0.3) is 5.91 Å². The molecule has 3 N–H and O–H groups in total. The van der Waals surface area contributed by atoms with E-state index in [1.165, 1.54) is 0 Å². The van der Waals surface area contributed by atoms with Crippen LogP contribution in [0, 0.1) is 0 Å². The van der Waals surface area contributed by atoms with Gasteiger partial charge in [-0.15, -0.1) is 0 Å². The molecule has 3 heterocycles. The lowest BCUT2D eigenvalue weighted by Gasteiger charge is -2.28. The van der Waals surface area contributed by atoms with Crippen LogP contribution in [0.15, 0.2) is 55.0 Å². The van der Waals surface area contributed by atoms with Crippen molar-refractivity contribution < 1.29 is 14.3 Å². The molecule has 4 rings (SSSR count). The molecular formula is C25H30N6O3. The second-order valence-electron chi connectivity index (χ2n) is 8.54. The number of anilines is 1. The molecule has 0 unspecified atom stereocenters. The lowest BCUT2D eigenvalue weighted by Crippen LogP contribution is -2.53. The second-order valence-corrected chi connectivity index (χ2v) is 8.54. The van der Waals surface area contributed by atoms with E-state index in [-0.39, 0.29) is 17.3 Å². The van der Waals surface area contributed by atoms with Crippen LogP contribution in [0.3, 0.4) is 0 Å². The molecular weight excluding hydrogens is 432 g/mol. The normalized spacial score (nSPS) is 15.2. The van der Waals surface area contributed by atoms with Gasteiger partial charge < -0.3 is 20.7 Å². The van der Waals surface area contributed by atoms with Crippen LogP contribution in [0.2, 0.25) is 0 Å². The molecule has 2 amide bonds. The quantitative estimate of drug-likeness (QED) is 0.531. The van der Waals surface area contributed by atoms with Gasteiger partial charge in [0.15, 0.2) is 0 Å². The lowest BCUT2D eigenvalue weighted by atomic mass is 10.1. The number of ether oxygens (including phenoxy) is 1. The third kappa shape index (κ3) is 5.43. The summed E-state index contributed by atoms with van der Waals surface area (Å²) in [6.07, 6.45) is 6.47. The smallest absolute Gasteiger partial charge is 0.255 e. The van der Waals surface area contributed by atoms with Crippen molar-refractivity contribution in [3.05, 3.63) is 66.1 Å². The van der Waals surface area contributed by atoms with E-state index in [1.807, 2.05) is 43.6 Å². The molecule has 1 aromatic carbocycles. The first-order chi connectivity index (χ1) is 16.4. The maximum Gasteiger partial charge on any atom is 0.255 e. The zero-order chi connectivity index (χ0) is 24.1. The Balaban J connectivity index is 1.54. The predicted molar refractivity (Wildman–Crippen MR) is 129 cm³/mol. The van der Waals surface area contributed by atoms with Crippen molar-refractivity contribution in [1.29, 1.82) is 0 Å². The van der Waals surface area contributed by atoms with Gasteiger partial charge in [-0.05, 0) is 31.4 Å². The standard InChI is InChI=1S/C25H30N6O3/c1-17(34-16-18-8-4-3-5-9-18)22(25(33)31-10-6-7-11-31)29-24(32)21-12-19(13-27-23(21)26)20-14-28-30(2)15-20/h3-5,8-9,12-15,17,22H,6-7,10-11,16H2,1-2H3,(H2,26,27)(H,29,32)/t17-,22+/m1/s1. The minimum atomic E-state index is -0.851. The fourth-order valence-corrected chi connectivity index (χ4v) is 4.02. The molecule has 1 aliphatic rings. The van der Waals surface area contributed by atoms with Crippen molar-refractivity contribution in [1.82, 2.24) is 25.0 Å². The Morgan fingerprint density at radius 3 is 2.56 bits per heavy atom. The summed E-state index contributed by atoms with van der Waals surface area (Å²) in [5.74, 6) is -0.528. The molecule has 178 valence electrons. The third-order valence-electron chi connectivity index (χ3n) is 6.00. The van der Waals surface area contributed by atoms with Gasteiger partial charge in [-0.3, -0.25) is 14.3 Å². The SMILES string of the molecule is C[C@@H](OCc1ccccc1)[C@H](NC(=O)c1cc(-c2cnn(C)c2)cnc1N)C(=O)N1CCCC1. The van der Waals surface area contributed by atoms with E-state index in [1.54, 1.807) is 35.0 Å². The maximum absolute atomic E-state index is 13.3. The first kappa shape index (κ1) is 23.4. The Bertz CT molecular complexity index is 1140. The maximum atomic E-state index is 13.3. The number of nitrogens with zero attached hydrogens (tertiary/aromatic N) is 4. The molecule has 0 aliphatic carbocycles. The summed E-state index contributed by atoms with van der Waals surface area (Å²) in [4.78, 5) is 32.6. The van der Waals surface area contributed by atoms with E-state index in [2.05, 4.69) is 15.4 Å². The number of carbonyl (C=O) groups excluding carboxylic acids is 2. The average Bonchev–Trinajstić information content (AvgIpc) is 3.54. The Labute approximate surface area is 198 Å². The number of amides is 2. The highest BCUT2D eigenvalue weighted by Gasteiger charge is 2.33. The molecule has 0 saturated carbocycles. The number of nitrogen functional groups attached to an aromatic ring is 1. The minimum absolute atomic E-state index is 0.0929. The molecule has 0 radical (unpaired) electrons. The Morgan fingerprint density at radius 1 is 1.15 bits per heavy atom. The first-order valence-corrected chi connectivity index (χ1v) is 11.4. The van der Waals surface area contributed by atoms with Crippen LogP contribution in [0.5, 0.6) is 0 Å². The molecule has 3 aromatic rings.